The Balaban J connectivity index is 1.92. The van der Waals surface area contributed by atoms with E-state index in [1.807, 2.05) is 42.2 Å². The molecule has 4 nitrogen and oxygen atoms in total. The topological polar surface area (TPSA) is 55.9 Å². The molecule has 0 amide bonds. The Hall–Kier alpha value is -1.36. The third kappa shape index (κ3) is 4.06. The summed E-state index contributed by atoms with van der Waals surface area (Å²) in [6.45, 7) is 0. The molecule has 102 valence electrons. The molecule has 0 aliphatic heterocycles. The third-order valence-corrected chi connectivity index (χ3v) is 3.51. The van der Waals surface area contributed by atoms with Gasteiger partial charge >= 0.3 is 0 Å². The summed E-state index contributed by atoms with van der Waals surface area (Å²) < 4.78 is 1.90. The fourth-order valence-electron chi connectivity index (χ4n) is 2.16. The van der Waals surface area contributed by atoms with Crippen LogP contribution in [0.3, 0.4) is 0 Å². The highest BCUT2D eigenvalue weighted by atomic mass is 35.5. The monoisotopic (exact) mass is 278 g/mol. The summed E-state index contributed by atoms with van der Waals surface area (Å²) in [5.41, 5.74) is 5.29. The molecule has 0 aliphatic rings. The number of nitrogens with zero attached hydrogens (tertiary/aromatic N) is 2. The summed E-state index contributed by atoms with van der Waals surface area (Å²) in [7, 11) is 1.96. The number of aryl methyl sites for hydroxylation is 2. The molecule has 1 aromatic heterocycles. The van der Waals surface area contributed by atoms with Gasteiger partial charge in [-0.3, -0.25) is 16.0 Å². The first-order chi connectivity index (χ1) is 9.19. The predicted octanol–water partition coefficient (Wildman–Crippen LogP) is 2.08. The van der Waals surface area contributed by atoms with Crippen LogP contribution in [0.2, 0.25) is 5.02 Å². The summed E-state index contributed by atoms with van der Waals surface area (Å²) in [5, 5.41) is 4.93. The van der Waals surface area contributed by atoms with E-state index < -0.39 is 0 Å². The number of aromatic nitrogens is 2. The van der Waals surface area contributed by atoms with Crippen molar-refractivity contribution < 1.29 is 0 Å². The molecule has 0 saturated heterocycles. The molecule has 2 rings (SSSR count). The number of benzene rings is 1. The third-order valence-electron chi connectivity index (χ3n) is 3.28. The fraction of sp³-hybridized carbons (Fsp3) is 0.357. The first kappa shape index (κ1) is 14.1. The van der Waals surface area contributed by atoms with Crippen molar-refractivity contribution in [2.24, 2.45) is 12.9 Å². The number of nitrogens with one attached hydrogen (secondary N) is 1. The van der Waals surface area contributed by atoms with Gasteiger partial charge in [-0.1, -0.05) is 23.7 Å². The van der Waals surface area contributed by atoms with Crippen LogP contribution in [0, 0.1) is 0 Å². The van der Waals surface area contributed by atoms with Crippen LogP contribution in [0.1, 0.15) is 17.7 Å². The van der Waals surface area contributed by atoms with E-state index in [0.717, 1.165) is 24.3 Å². The number of halogens is 1. The zero-order valence-corrected chi connectivity index (χ0v) is 11.8. The lowest BCUT2D eigenvalue weighted by atomic mass is 10.0. The Morgan fingerprint density at radius 2 is 2.26 bits per heavy atom. The molecule has 2 aromatic rings. The zero-order chi connectivity index (χ0) is 13.7. The minimum absolute atomic E-state index is 0.230. The second kappa shape index (κ2) is 6.70. The molecule has 0 aliphatic carbocycles. The summed E-state index contributed by atoms with van der Waals surface area (Å²) in [4.78, 5) is 0. The SMILES string of the molecule is Cn1nccc1CCC(Cc1cccc(Cl)c1)NN. The van der Waals surface area contributed by atoms with Crippen molar-refractivity contribution >= 4 is 11.6 Å². The van der Waals surface area contributed by atoms with Crippen molar-refractivity contribution in [3.63, 3.8) is 0 Å². The van der Waals surface area contributed by atoms with E-state index in [1.165, 1.54) is 11.3 Å². The first-order valence-corrected chi connectivity index (χ1v) is 6.74. The first-order valence-electron chi connectivity index (χ1n) is 6.36. The number of hydrogen-bond acceptors (Lipinski definition) is 3. The summed E-state index contributed by atoms with van der Waals surface area (Å²) in [5.74, 6) is 5.63. The van der Waals surface area contributed by atoms with E-state index in [-0.39, 0.29) is 6.04 Å². The van der Waals surface area contributed by atoms with Gasteiger partial charge in [0, 0.05) is 30.0 Å². The molecule has 0 saturated carbocycles. The highest BCUT2D eigenvalue weighted by Crippen LogP contribution is 2.14. The standard InChI is InChI=1S/C14H19ClN4/c1-19-14(7-8-17-19)6-5-13(18-16)10-11-3-2-4-12(15)9-11/h2-4,7-9,13,18H,5-6,10,16H2,1H3. The van der Waals surface area contributed by atoms with Crippen molar-refractivity contribution in [2.45, 2.75) is 25.3 Å². The molecule has 1 heterocycles. The summed E-state index contributed by atoms with van der Waals surface area (Å²) >= 11 is 5.99. The number of hydrazine groups is 1. The molecule has 1 aromatic carbocycles. The van der Waals surface area contributed by atoms with Crippen LogP contribution in [-0.4, -0.2) is 15.8 Å². The second-order valence-electron chi connectivity index (χ2n) is 4.68. The second-order valence-corrected chi connectivity index (χ2v) is 5.12. The van der Waals surface area contributed by atoms with E-state index in [4.69, 9.17) is 17.4 Å². The minimum atomic E-state index is 0.230. The number of rotatable bonds is 6. The molecule has 1 unspecified atom stereocenters. The van der Waals surface area contributed by atoms with Gasteiger partial charge in [0.1, 0.15) is 0 Å². The van der Waals surface area contributed by atoms with Crippen molar-refractivity contribution in [3.8, 4) is 0 Å². The van der Waals surface area contributed by atoms with E-state index in [2.05, 4.69) is 16.6 Å². The van der Waals surface area contributed by atoms with Gasteiger partial charge in [-0.15, -0.1) is 0 Å². The Bertz CT molecular complexity index is 524. The molecule has 1 atom stereocenters. The van der Waals surface area contributed by atoms with E-state index in [1.54, 1.807) is 0 Å². The summed E-state index contributed by atoms with van der Waals surface area (Å²) in [6, 6.07) is 10.2. The quantitative estimate of drug-likeness (QED) is 0.628. The molecule has 0 bridgehead atoms. The fourth-order valence-corrected chi connectivity index (χ4v) is 2.37. The van der Waals surface area contributed by atoms with Crippen LogP contribution in [0.5, 0.6) is 0 Å². The maximum atomic E-state index is 5.99. The van der Waals surface area contributed by atoms with Gasteiger partial charge in [0.25, 0.3) is 0 Å². The van der Waals surface area contributed by atoms with Gasteiger partial charge in [-0.05, 0) is 43.0 Å². The van der Waals surface area contributed by atoms with E-state index >= 15 is 0 Å². The van der Waals surface area contributed by atoms with Crippen LogP contribution in [-0.2, 0) is 19.9 Å². The number of nitrogens with two attached hydrogens (primary N) is 1. The van der Waals surface area contributed by atoms with Crippen LogP contribution < -0.4 is 11.3 Å². The molecule has 3 N–H and O–H groups in total. The van der Waals surface area contributed by atoms with Crippen molar-refractivity contribution in [3.05, 3.63) is 52.8 Å². The van der Waals surface area contributed by atoms with Gasteiger partial charge < -0.3 is 0 Å². The molecule has 19 heavy (non-hydrogen) atoms. The van der Waals surface area contributed by atoms with Crippen LogP contribution in [0.25, 0.3) is 0 Å². The van der Waals surface area contributed by atoms with E-state index in [0.29, 0.717) is 0 Å². The minimum Gasteiger partial charge on any atom is -0.273 e. The number of hydrogen-bond donors (Lipinski definition) is 2. The lowest BCUT2D eigenvalue weighted by molar-refractivity contribution is 0.484. The summed E-state index contributed by atoms with van der Waals surface area (Å²) in [6.07, 6.45) is 4.60. The van der Waals surface area contributed by atoms with Gasteiger partial charge in [-0.25, -0.2) is 0 Å². The van der Waals surface area contributed by atoms with Crippen LogP contribution in [0.15, 0.2) is 36.5 Å². The molecule has 0 fully saturated rings. The molecular weight excluding hydrogens is 260 g/mol. The average molecular weight is 279 g/mol. The molecule has 0 radical (unpaired) electrons. The van der Waals surface area contributed by atoms with Gasteiger partial charge in [0.15, 0.2) is 0 Å². The molecule has 5 heteroatoms. The average Bonchev–Trinajstić information content (AvgIpc) is 2.80. The van der Waals surface area contributed by atoms with Crippen LogP contribution in [0.4, 0.5) is 0 Å². The lowest BCUT2D eigenvalue weighted by Crippen LogP contribution is -2.37. The van der Waals surface area contributed by atoms with Crippen molar-refractivity contribution in [2.75, 3.05) is 0 Å². The lowest BCUT2D eigenvalue weighted by Gasteiger charge is -2.16. The van der Waals surface area contributed by atoms with Gasteiger partial charge in [-0.2, -0.15) is 5.10 Å². The molecular formula is C14H19ClN4. The Morgan fingerprint density at radius 3 is 2.89 bits per heavy atom. The Kier molecular flexibility index (Phi) is 4.96. The largest absolute Gasteiger partial charge is 0.273 e. The van der Waals surface area contributed by atoms with Gasteiger partial charge in [0.05, 0.1) is 0 Å². The highest BCUT2D eigenvalue weighted by Gasteiger charge is 2.09. The van der Waals surface area contributed by atoms with Gasteiger partial charge in [0.2, 0.25) is 0 Å². The maximum absolute atomic E-state index is 5.99. The predicted molar refractivity (Wildman–Crippen MR) is 77.8 cm³/mol. The van der Waals surface area contributed by atoms with Crippen LogP contribution >= 0.6 is 11.6 Å². The highest BCUT2D eigenvalue weighted by molar-refractivity contribution is 6.30. The smallest absolute Gasteiger partial charge is 0.0492 e. The van der Waals surface area contributed by atoms with Crippen molar-refractivity contribution in [1.29, 1.82) is 0 Å². The Morgan fingerprint density at radius 1 is 1.42 bits per heavy atom. The zero-order valence-electron chi connectivity index (χ0n) is 11.0. The normalized spacial score (nSPS) is 12.6. The maximum Gasteiger partial charge on any atom is 0.0492 e. The van der Waals surface area contributed by atoms with Crippen molar-refractivity contribution in [1.82, 2.24) is 15.2 Å². The Labute approximate surface area is 118 Å². The van der Waals surface area contributed by atoms with E-state index in [9.17, 15) is 0 Å². The molecule has 0 spiro atoms.